The number of hydrogen-bond donors (Lipinski definition) is 1. The van der Waals surface area contributed by atoms with Crippen molar-refractivity contribution in [2.24, 2.45) is 0 Å². The highest BCUT2D eigenvalue weighted by molar-refractivity contribution is 5.24. The second-order valence-corrected chi connectivity index (χ2v) is 3.66. The van der Waals surface area contributed by atoms with Gasteiger partial charge in [-0.2, -0.15) is 18.7 Å². The molecule has 2 nitrogen and oxygen atoms in total. The van der Waals surface area contributed by atoms with Gasteiger partial charge in [0.05, 0.1) is 6.04 Å². The Bertz CT molecular complexity index is 338. The normalized spacial score (nSPS) is 13.8. The van der Waals surface area contributed by atoms with Gasteiger partial charge < -0.3 is 0 Å². The molecule has 0 heterocycles. The van der Waals surface area contributed by atoms with Crippen molar-refractivity contribution in [1.82, 2.24) is 5.48 Å². The van der Waals surface area contributed by atoms with Gasteiger partial charge in [-0.3, -0.25) is 4.84 Å². The first-order valence-electron chi connectivity index (χ1n) is 4.89. The minimum absolute atomic E-state index is 0.276. The van der Waals surface area contributed by atoms with Crippen LogP contribution in [0.4, 0.5) is 13.2 Å². The maximum atomic E-state index is 11.8. The third-order valence-electron chi connectivity index (χ3n) is 2.04. The summed E-state index contributed by atoms with van der Waals surface area (Å²) in [4.78, 5) is 4.38. The van der Waals surface area contributed by atoms with Crippen LogP contribution in [0.1, 0.15) is 24.1 Å². The maximum absolute atomic E-state index is 11.8. The summed E-state index contributed by atoms with van der Waals surface area (Å²) >= 11 is 0. The first kappa shape index (κ1) is 13.0. The highest BCUT2D eigenvalue weighted by Gasteiger charge is 2.28. The molecule has 0 bridgehead atoms. The largest absolute Gasteiger partial charge is 0.413 e. The number of hydrogen-bond acceptors (Lipinski definition) is 2. The molecule has 90 valence electrons. The van der Waals surface area contributed by atoms with Crippen molar-refractivity contribution < 1.29 is 18.0 Å². The van der Waals surface area contributed by atoms with Crippen LogP contribution in [0.5, 0.6) is 0 Å². The molecule has 0 saturated heterocycles. The quantitative estimate of drug-likeness (QED) is 0.807. The first-order valence-corrected chi connectivity index (χ1v) is 4.89. The zero-order valence-electron chi connectivity index (χ0n) is 9.14. The molecule has 0 saturated carbocycles. The van der Waals surface area contributed by atoms with E-state index >= 15 is 0 Å². The number of benzene rings is 1. The fourth-order valence-electron chi connectivity index (χ4n) is 1.26. The first-order chi connectivity index (χ1) is 7.38. The SMILES string of the molecule is Cc1cccc(C(C)NOCC(F)(F)F)c1. The summed E-state index contributed by atoms with van der Waals surface area (Å²) in [5.74, 6) is 0. The van der Waals surface area contributed by atoms with E-state index in [4.69, 9.17) is 0 Å². The lowest BCUT2D eigenvalue weighted by atomic mass is 10.1. The molecule has 0 spiro atoms. The molecule has 1 unspecified atom stereocenters. The van der Waals surface area contributed by atoms with E-state index in [1.54, 1.807) is 6.92 Å². The molecule has 1 atom stereocenters. The van der Waals surface area contributed by atoms with Crippen LogP contribution in [0.15, 0.2) is 24.3 Å². The smallest absolute Gasteiger partial charge is 0.292 e. The second-order valence-electron chi connectivity index (χ2n) is 3.66. The van der Waals surface area contributed by atoms with Crippen LogP contribution < -0.4 is 5.48 Å². The minimum Gasteiger partial charge on any atom is -0.292 e. The van der Waals surface area contributed by atoms with Crippen molar-refractivity contribution in [3.05, 3.63) is 35.4 Å². The van der Waals surface area contributed by atoms with Crippen LogP contribution >= 0.6 is 0 Å². The number of nitrogens with one attached hydrogen (secondary N) is 1. The lowest BCUT2D eigenvalue weighted by Gasteiger charge is -2.15. The van der Waals surface area contributed by atoms with Gasteiger partial charge in [-0.25, -0.2) is 0 Å². The monoisotopic (exact) mass is 233 g/mol. The Labute approximate surface area is 92.4 Å². The molecule has 0 amide bonds. The van der Waals surface area contributed by atoms with E-state index in [9.17, 15) is 13.2 Å². The summed E-state index contributed by atoms with van der Waals surface area (Å²) in [5, 5.41) is 0. The van der Waals surface area contributed by atoms with Crippen molar-refractivity contribution >= 4 is 0 Å². The van der Waals surface area contributed by atoms with Crippen molar-refractivity contribution in [3.8, 4) is 0 Å². The highest BCUT2D eigenvalue weighted by atomic mass is 19.4. The number of aryl methyl sites for hydroxylation is 1. The van der Waals surface area contributed by atoms with Crippen LogP contribution in [0, 0.1) is 6.92 Å². The molecule has 0 aromatic heterocycles. The van der Waals surface area contributed by atoms with Gasteiger partial charge in [0.25, 0.3) is 0 Å². The van der Waals surface area contributed by atoms with E-state index in [0.29, 0.717) is 0 Å². The Hall–Kier alpha value is -1.07. The van der Waals surface area contributed by atoms with Crippen molar-refractivity contribution in [1.29, 1.82) is 0 Å². The molecule has 1 rings (SSSR count). The van der Waals surface area contributed by atoms with Crippen molar-refractivity contribution in [2.75, 3.05) is 6.61 Å². The molecule has 16 heavy (non-hydrogen) atoms. The predicted octanol–water partition coefficient (Wildman–Crippen LogP) is 3.14. The molecule has 1 N–H and O–H groups in total. The lowest BCUT2D eigenvalue weighted by molar-refractivity contribution is -0.192. The van der Waals surface area contributed by atoms with Crippen LogP contribution in [0.2, 0.25) is 0 Å². The Balaban J connectivity index is 2.44. The van der Waals surface area contributed by atoms with Gasteiger partial charge in [-0.15, -0.1) is 0 Å². The fourth-order valence-corrected chi connectivity index (χ4v) is 1.26. The van der Waals surface area contributed by atoms with Gasteiger partial charge in [0.15, 0.2) is 6.61 Å². The highest BCUT2D eigenvalue weighted by Crippen LogP contribution is 2.16. The van der Waals surface area contributed by atoms with Gasteiger partial charge >= 0.3 is 6.18 Å². The van der Waals surface area contributed by atoms with Gasteiger partial charge in [-0.1, -0.05) is 29.8 Å². The van der Waals surface area contributed by atoms with E-state index < -0.39 is 12.8 Å². The molecule has 0 fully saturated rings. The molecular formula is C11H14F3NO. The third kappa shape index (κ3) is 4.63. The lowest BCUT2D eigenvalue weighted by Crippen LogP contribution is -2.26. The molecule has 1 aromatic rings. The standard InChI is InChI=1S/C11H14F3NO/c1-8-4-3-5-10(6-8)9(2)15-16-7-11(12,13)14/h3-6,9,15H,7H2,1-2H3. The Morgan fingerprint density at radius 2 is 2.06 bits per heavy atom. The molecular weight excluding hydrogens is 219 g/mol. The number of rotatable bonds is 4. The van der Waals surface area contributed by atoms with Crippen molar-refractivity contribution in [2.45, 2.75) is 26.1 Å². The summed E-state index contributed by atoms with van der Waals surface area (Å²) in [6.07, 6.45) is -4.31. The number of halogens is 3. The van der Waals surface area contributed by atoms with Crippen LogP contribution in [-0.2, 0) is 4.84 Å². The van der Waals surface area contributed by atoms with Gasteiger partial charge in [0.1, 0.15) is 0 Å². The minimum atomic E-state index is -4.31. The molecule has 0 radical (unpaired) electrons. The summed E-state index contributed by atoms with van der Waals surface area (Å²) in [5.41, 5.74) is 4.31. The van der Waals surface area contributed by atoms with Crippen LogP contribution in [0.3, 0.4) is 0 Å². The van der Waals surface area contributed by atoms with Gasteiger partial charge in [0, 0.05) is 0 Å². The van der Waals surface area contributed by atoms with Gasteiger partial charge in [-0.05, 0) is 19.4 Å². The maximum Gasteiger partial charge on any atom is 0.413 e. The van der Waals surface area contributed by atoms with Gasteiger partial charge in [0.2, 0.25) is 0 Å². The van der Waals surface area contributed by atoms with Crippen molar-refractivity contribution in [3.63, 3.8) is 0 Å². The number of hydroxylamine groups is 1. The summed E-state index contributed by atoms with van der Waals surface area (Å²) in [7, 11) is 0. The molecule has 0 aliphatic rings. The van der Waals surface area contributed by atoms with E-state index in [1.165, 1.54) is 0 Å². The molecule has 0 aliphatic heterocycles. The summed E-state index contributed by atoms with van der Waals surface area (Å²) < 4.78 is 35.4. The zero-order chi connectivity index (χ0) is 12.2. The van der Waals surface area contributed by atoms with Crippen LogP contribution in [0.25, 0.3) is 0 Å². The van der Waals surface area contributed by atoms with E-state index in [1.807, 2.05) is 31.2 Å². The Morgan fingerprint density at radius 3 is 2.62 bits per heavy atom. The van der Waals surface area contributed by atoms with E-state index in [0.717, 1.165) is 11.1 Å². The number of alkyl halides is 3. The second kappa shape index (κ2) is 5.32. The molecule has 5 heteroatoms. The zero-order valence-corrected chi connectivity index (χ0v) is 9.14. The van der Waals surface area contributed by atoms with E-state index in [-0.39, 0.29) is 6.04 Å². The van der Waals surface area contributed by atoms with Crippen LogP contribution in [-0.4, -0.2) is 12.8 Å². The topological polar surface area (TPSA) is 21.3 Å². The summed E-state index contributed by atoms with van der Waals surface area (Å²) in [6.45, 7) is 2.38. The Morgan fingerprint density at radius 1 is 1.38 bits per heavy atom. The fraction of sp³-hybridized carbons (Fsp3) is 0.455. The predicted molar refractivity (Wildman–Crippen MR) is 54.7 cm³/mol. The molecule has 0 aliphatic carbocycles. The third-order valence-corrected chi connectivity index (χ3v) is 2.04. The van der Waals surface area contributed by atoms with E-state index in [2.05, 4.69) is 10.3 Å². The summed E-state index contributed by atoms with van der Waals surface area (Å²) in [6, 6.07) is 7.23. The molecule has 1 aromatic carbocycles. The average Bonchev–Trinajstić information content (AvgIpc) is 2.15. The average molecular weight is 233 g/mol. The Kier molecular flexibility index (Phi) is 4.32.